The van der Waals surface area contributed by atoms with Crippen LogP contribution in [0.15, 0.2) is 0 Å². The second kappa shape index (κ2) is 7.60. The van der Waals surface area contributed by atoms with E-state index in [1.54, 1.807) is 0 Å². The molecule has 0 aromatic heterocycles. The molecule has 1 fully saturated rings. The molecule has 1 unspecified atom stereocenters. The topological polar surface area (TPSA) is 61.8 Å². The lowest BCUT2D eigenvalue weighted by Crippen LogP contribution is -2.41. The number of carbonyl (C=O) groups excluding carboxylic acids is 1. The largest absolute Gasteiger partial charge is 0.395 e. The van der Waals surface area contributed by atoms with Crippen LogP contribution in [-0.2, 0) is 9.53 Å². The summed E-state index contributed by atoms with van der Waals surface area (Å²) in [5, 5.41) is 11.9. The van der Waals surface area contributed by atoms with E-state index >= 15 is 0 Å². The van der Waals surface area contributed by atoms with E-state index in [0.717, 1.165) is 19.4 Å². The Kier molecular flexibility index (Phi) is 6.37. The minimum Gasteiger partial charge on any atom is -0.395 e. The maximum Gasteiger partial charge on any atom is 0.234 e. The summed E-state index contributed by atoms with van der Waals surface area (Å²) in [7, 11) is 0. The van der Waals surface area contributed by atoms with E-state index in [-0.39, 0.29) is 18.6 Å². The molecule has 0 radical (unpaired) electrons. The number of aliphatic hydroxyl groups excluding tert-OH is 1. The van der Waals surface area contributed by atoms with Crippen molar-refractivity contribution in [1.82, 2.24) is 10.2 Å². The first-order valence-corrected chi connectivity index (χ1v) is 5.97. The van der Waals surface area contributed by atoms with Gasteiger partial charge >= 0.3 is 0 Å². The lowest BCUT2D eigenvalue weighted by molar-refractivity contribution is -0.122. The Bertz CT molecular complexity index is 211. The summed E-state index contributed by atoms with van der Waals surface area (Å²) in [6.07, 6.45) is 2.06. The van der Waals surface area contributed by atoms with Gasteiger partial charge in [-0.05, 0) is 26.3 Å². The molecule has 1 rings (SSSR count). The fraction of sp³-hybridized carbons (Fsp3) is 0.909. The average Bonchev–Trinajstić information content (AvgIpc) is 2.71. The van der Waals surface area contributed by atoms with Crippen LogP contribution in [0.3, 0.4) is 0 Å². The lowest BCUT2D eigenvalue weighted by atomic mass is 10.2. The van der Waals surface area contributed by atoms with Crippen molar-refractivity contribution in [3.63, 3.8) is 0 Å². The molecule has 0 spiro atoms. The molecule has 1 aliphatic heterocycles. The summed E-state index contributed by atoms with van der Waals surface area (Å²) in [5.41, 5.74) is 0. The summed E-state index contributed by atoms with van der Waals surface area (Å²) < 4.78 is 5.13. The SMILES string of the molecule is CCOCCNC(=O)CN1CCCC1CO. The molecule has 0 aliphatic carbocycles. The summed E-state index contributed by atoms with van der Waals surface area (Å²) >= 11 is 0. The first-order valence-electron chi connectivity index (χ1n) is 5.97. The molecule has 0 aromatic carbocycles. The Balaban J connectivity index is 2.13. The minimum atomic E-state index is 0.0139. The Labute approximate surface area is 96.8 Å². The van der Waals surface area contributed by atoms with Gasteiger partial charge in [0.1, 0.15) is 0 Å². The number of ether oxygens (including phenoxy) is 1. The predicted molar refractivity (Wildman–Crippen MR) is 61.2 cm³/mol. The maximum absolute atomic E-state index is 11.5. The number of aliphatic hydroxyl groups is 1. The summed E-state index contributed by atoms with van der Waals surface area (Å²) in [4.78, 5) is 13.6. The number of nitrogens with one attached hydrogen (secondary N) is 1. The summed E-state index contributed by atoms with van der Waals surface area (Å²) in [6, 6.07) is 0.164. The van der Waals surface area contributed by atoms with Gasteiger partial charge in [0.25, 0.3) is 0 Å². The molecule has 1 heterocycles. The fourth-order valence-corrected chi connectivity index (χ4v) is 1.96. The van der Waals surface area contributed by atoms with Gasteiger partial charge in [0.2, 0.25) is 5.91 Å². The van der Waals surface area contributed by atoms with Crippen LogP contribution in [0.1, 0.15) is 19.8 Å². The van der Waals surface area contributed by atoms with Crippen LogP contribution in [0.2, 0.25) is 0 Å². The van der Waals surface area contributed by atoms with Crippen LogP contribution in [0, 0.1) is 0 Å². The Morgan fingerprint density at radius 1 is 1.62 bits per heavy atom. The molecule has 94 valence electrons. The number of hydrogen-bond acceptors (Lipinski definition) is 4. The molecule has 0 aromatic rings. The van der Waals surface area contributed by atoms with Gasteiger partial charge < -0.3 is 15.2 Å². The molecule has 16 heavy (non-hydrogen) atoms. The van der Waals surface area contributed by atoms with Crippen molar-refractivity contribution in [1.29, 1.82) is 0 Å². The second-order valence-electron chi connectivity index (χ2n) is 4.00. The predicted octanol–water partition coefficient (Wildman–Crippen LogP) is -0.404. The highest BCUT2D eigenvalue weighted by Gasteiger charge is 2.25. The zero-order valence-corrected chi connectivity index (χ0v) is 9.95. The van der Waals surface area contributed by atoms with Gasteiger partial charge in [0, 0.05) is 19.2 Å². The normalized spacial score (nSPS) is 21.2. The number of hydrogen-bond donors (Lipinski definition) is 2. The molecule has 0 bridgehead atoms. The van der Waals surface area contributed by atoms with E-state index < -0.39 is 0 Å². The smallest absolute Gasteiger partial charge is 0.234 e. The van der Waals surface area contributed by atoms with E-state index in [2.05, 4.69) is 5.32 Å². The molecule has 1 atom stereocenters. The van der Waals surface area contributed by atoms with Gasteiger partial charge in [0.15, 0.2) is 0 Å². The van der Waals surface area contributed by atoms with Crippen molar-refractivity contribution in [2.75, 3.05) is 39.5 Å². The Hall–Kier alpha value is -0.650. The maximum atomic E-state index is 11.5. The van der Waals surface area contributed by atoms with Gasteiger partial charge in [-0.15, -0.1) is 0 Å². The molecule has 1 saturated heterocycles. The van der Waals surface area contributed by atoms with Crippen molar-refractivity contribution < 1.29 is 14.6 Å². The van der Waals surface area contributed by atoms with Gasteiger partial charge in [-0.1, -0.05) is 0 Å². The van der Waals surface area contributed by atoms with Crippen molar-refractivity contribution >= 4 is 5.91 Å². The highest BCUT2D eigenvalue weighted by atomic mass is 16.5. The highest BCUT2D eigenvalue weighted by molar-refractivity contribution is 5.78. The lowest BCUT2D eigenvalue weighted by Gasteiger charge is -2.21. The molecule has 5 nitrogen and oxygen atoms in total. The third kappa shape index (κ3) is 4.47. The summed E-state index contributed by atoms with van der Waals surface area (Å²) in [6.45, 7) is 5.16. The number of carbonyl (C=O) groups is 1. The van der Waals surface area contributed by atoms with Crippen LogP contribution in [0.4, 0.5) is 0 Å². The minimum absolute atomic E-state index is 0.0139. The highest BCUT2D eigenvalue weighted by Crippen LogP contribution is 2.15. The zero-order chi connectivity index (χ0) is 11.8. The monoisotopic (exact) mass is 230 g/mol. The number of rotatable bonds is 7. The molecule has 1 aliphatic rings. The van der Waals surface area contributed by atoms with Crippen LogP contribution >= 0.6 is 0 Å². The molecular weight excluding hydrogens is 208 g/mol. The van der Waals surface area contributed by atoms with Crippen LogP contribution in [-0.4, -0.2) is 61.4 Å². The molecule has 5 heteroatoms. The van der Waals surface area contributed by atoms with Crippen molar-refractivity contribution in [3.05, 3.63) is 0 Å². The third-order valence-corrected chi connectivity index (χ3v) is 2.83. The van der Waals surface area contributed by atoms with Gasteiger partial charge in [-0.3, -0.25) is 9.69 Å². The van der Waals surface area contributed by atoms with Crippen molar-refractivity contribution in [3.8, 4) is 0 Å². The average molecular weight is 230 g/mol. The van der Waals surface area contributed by atoms with Gasteiger partial charge in [0.05, 0.1) is 19.8 Å². The summed E-state index contributed by atoms with van der Waals surface area (Å²) in [5.74, 6) is 0.0139. The quantitative estimate of drug-likeness (QED) is 0.584. The molecule has 0 saturated carbocycles. The second-order valence-corrected chi connectivity index (χ2v) is 4.00. The van der Waals surface area contributed by atoms with Crippen molar-refractivity contribution in [2.24, 2.45) is 0 Å². The van der Waals surface area contributed by atoms with Gasteiger partial charge in [-0.25, -0.2) is 0 Å². The first kappa shape index (κ1) is 13.4. The van der Waals surface area contributed by atoms with Crippen molar-refractivity contribution in [2.45, 2.75) is 25.8 Å². The standard InChI is InChI=1S/C11H22N2O3/c1-2-16-7-5-12-11(15)8-13-6-3-4-10(13)9-14/h10,14H,2-9H2,1H3,(H,12,15). The van der Waals surface area contributed by atoms with E-state index in [4.69, 9.17) is 9.84 Å². The molecule has 1 amide bonds. The van der Waals surface area contributed by atoms with Crippen LogP contribution in [0.5, 0.6) is 0 Å². The molecule has 2 N–H and O–H groups in total. The van der Waals surface area contributed by atoms with E-state index in [9.17, 15) is 4.79 Å². The Morgan fingerprint density at radius 2 is 2.44 bits per heavy atom. The Morgan fingerprint density at radius 3 is 3.12 bits per heavy atom. The third-order valence-electron chi connectivity index (χ3n) is 2.83. The molecular formula is C11H22N2O3. The van der Waals surface area contributed by atoms with Crippen LogP contribution in [0.25, 0.3) is 0 Å². The van der Waals surface area contributed by atoms with E-state index in [1.165, 1.54) is 0 Å². The van der Waals surface area contributed by atoms with E-state index in [1.807, 2.05) is 11.8 Å². The number of likely N-dealkylation sites (tertiary alicyclic amines) is 1. The fourth-order valence-electron chi connectivity index (χ4n) is 1.96. The zero-order valence-electron chi connectivity index (χ0n) is 9.95. The number of amides is 1. The number of nitrogens with zero attached hydrogens (tertiary/aromatic N) is 1. The van der Waals surface area contributed by atoms with E-state index in [0.29, 0.717) is 26.3 Å². The van der Waals surface area contributed by atoms with Gasteiger partial charge in [-0.2, -0.15) is 0 Å². The first-order chi connectivity index (χ1) is 7.77. The van der Waals surface area contributed by atoms with Crippen LogP contribution < -0.4 is 5.32 Å².